The van der Waals surface area contributed by atoms with Gasteiger partial charge in [0.1, 0.15) is 0 Å². The van der Waals surface area contributed by atoms with Crippen LogP contribution in [0.25, 0.3) is 43.8 Å². The van der Waals surface area contributed by atoms with E-state index in [0.29, 0.717) is 0 Å². The monoisotopic (exact) mass is 686 g/mol. The molecule has 0 atom stereocenters. The summed E-state index contributed by atoms with van der Waals surface area (Å²) in [5.41, 5.74) is 8.11. The van der Waals surface area contributed by atoms with Crippen LogP contribution in [0.15, 0.2) is 152 Å². The van der Waals surface area contributed by atoms with Crippen LogP contribution in [-0.2, 0) is 23.3 Å². The molecule has 220 valence electrons. The number of rotatable bonds is 2. The van der Waals surface area contributed by atoms with Crippen LogP contribution in [0, 0.1) is 13.8 Å². The number of halogens is 1. The van der Waals surface area contributed by atoms with Crippen molar-refractivity contribution in [1.82, 2.24) is 0 Å². The first kappa shape index (κ1) is 35.0. The first-order valence-corrected chi connectivity index (χ1v) is 20.7. The molecule has 7 aromatic carbocycles. The third-order valence-corrected chi connectivity index (χ3v) is 6.70. The average Bonchev–Trinajstić information content (AvgIpc) is 3.59. The van der Waals surface area contributed by atoms with Crippen LogP contribution in [0.5, 0.6) is 5.75 Å². The number of hydrogen-bond donors (Lipinski definition) is 0. The average molecular weight is 688 g/mol. The van der Waals surface area contributed by atoms with E-state index in [1.54, 1.807) is 35.5 Å². The van der Waals surface area contributed by atoms with Gasteiger partial charge in [-0.15, -0.1) is 74.8 Å². The molecule has 1 nitrogen and oxygen atoms in total. The molecule has 44 heavy (non-hydrogen) atoms. The molecule has 0 aliphatic carbocycles. The minimum atomic E-state index is 0. The molecule has 0 heterocycles. The Kier molecular flexibility index (Phi) is 14.1. The minimum absolute atomic E-state index is 0. The fourth-order valence-corrected chi connectivity index (χ4v) is 4.93. The summed E-state index contributed by atoms with van der Waals surface area (Å²) in [7, 11) is 0. The second kappa shape index (κ2) is 17.7. The molecule has 0 fully saturated rings. The Labute approximate surface area is 283 Å². The van der Waals surface area contributed by atoms with E-state index in [0.717, 1.165) is 0 Å². The van der Waals surface area contributed by atoms with E-state index in [-0.39, 0.29) is 23.6 Å². The smallest absolute Gasteiger partial charge is 0.0279 e. The maximum Gasteiger partial charge on any atom is -0.0279 e. The number of fused-ring (bicyclic) bond motifs is 2. The van der Waals surface area contributed by atoms with Crippen LogP contribution < -0.4 is 17.5 Å². The van der Waals surface area contributed by atoms with E-state index < -0.39 is 0 Å². The topological polar surface area (TPSA) is 23.1 Å². The van der Waals surface area contributed by atoms with Gasteiger partial charge in [-0.25, -0.2) is 0 Å². The fourth-order valence-electron chi connectivity index (χ4n) is 4.93. The summed E-state index contributed by atoms with van der Waals surface area (Å²) in [6, 6.07) is 51.4. The molecule has 0 aliphatic heterocycles. The van der Waals surface area contributed by atoms with Crippen molar-refractivity contribution in [3.8, 4) is 28.0 Å². The quantitative estimate of drug-likeness (QED) is 0.136. The minimum Gasteiger partial charge on any atom is -1.00 e. The predicted molar refractivity (Wildman–Crippen MR) is 183 cm³/mol. The third-order valence-electron chi connectivity index (χ3n) is 6.70. The molecule has 0 bridgehead atoms. The van der Waals surface area contributed by atoms with Gasteiger partial charge in [0.25, 0.3) is 0 Å². The molecule has 0 amide bonds. The van der Waals surface area contributed by atoms with E-state index >= 15 is 0 Å². The fraction of sp³-hybridized carbons (Fsp3) is 0.100. The Morgan fingerprint density at radius 3 is 1.18 bits per heavy atom. The molecule has 0 saturated carbocycles. The first-order chi connectivity index (χ1) is 20.8. The van der Waals surface area contributed by atoms with Crippen molar-refractivity contribution in [2.24, 2.45) is 0 Å². The van der Waals surface area contributed by atoms with Gasteiger partial charge in [0.15, 0.2) is 0 Å². The molecule has 0 aromatic heterocycles. The van der Waals surface area contributed by atoms with Crippen molar-refractivity contribution in [2.75, 3.05) is 0 Å². The summed E-state index contributed by atoms with van der Waals surface area (Å²) in [5, 5.41) is 15.6. The third kappa shape index (κ3) is 10.3. The Bertz CT molecular complexity index is 1750. The molecule has 0 unspecified atom stereocenters. The van der Waals surface area contributed by atoms with Gasteiger partial charge in [-0.1, -0.05) is 128 Å². The summed E-state index contributed by atoms with van der Waals surface area (Å²) in [4.78, 5) is 0. The zero-order valence-corrected chi connectivity index (χ0v) is 29.9. The second-order valence-electron chi connectivity index (χ2n) is 10.7. The summed E-state index contributed by atoms with van der Waals surface area (Å²) in [6.45, 7) is 8.91. The Morgan fingerprint density at radius 1 is 0.523 bits per heavy atom. The Hall–Kier alpha value is -3.49. The molecular formula is C40H37ClOSiZr-2. The predicted octanol–water partition coefficient (Wildman–Crippen LogP) is 7.62. The van der Waals surface area contributed by atoms with Gasteiger partial charge in [0, 0.05) is 0 Å². The van der Waals surface area contributed by atoms with Gasteiger partial charge in [-0.3, -0.25) is 0 Å². The van der Waals surface area contributed by atoms with Gasteiger partial charge in [-0.05, 0) is 11.1 Å². The van der Waals surface area contributed by atoms with Gasteiger partial charge in [-0.2, -0.15) is 12.1 Å². The number of para-hydroxylation sites is 1. The second-order valence-corrected chi connectivity index (χ2v) is 20.1. The number of hydrogen-bond acceptors (Lipinski definition) is 1. The van der Waals surface area contributed by atoms with E-state index in [4.69, 9.17) is 0 Å². The zero-order chi connectivity index (χ0) is 30.6. The molecule has 7 aromatic rings. The van der Waals surface area contributed by atoms with Crippen LogP contribution in [-0.4, -0.2) is 5.43 Å². The first-order valence-electron chi connectivity index (χ1n) is 14.5. The maximum atomic E-state index is 10.3. The van der Waals surface area contributed by atoms with Crippen LogP contribution in [0.4, 0.5) is 0 Å². The van der Waals surface area contributed by atoms with Gasteiger partial charge >= 0.3 is 41.9 Å². The van der Waals surface area contributed by atoms with Gasteiger partial charge < -0.3 is 17.5 Å². The molecule has 7 rings (SSSR count). The van der Waals surface area contributed by atoms with E-state index in [1.165, 1.54) is 67.1 Å². The molecule has 4 heteroatoms. The number of benzene rings is 5. The van der Waals surface area contributed by atoms with Crippen LogP contribution >= 0.6 is 0 Å². The molecular weight excluding hydrogens is 651 g/mol. The van der Waals surface area contributed by atoms with Crippen molar-refractivity contribution < 1.29 is 40.8 Å². The van der Waals surface area contributed by atoms with Crippen molar-refractivity contribution in [3.63, 3.8) is 0 Å². The van der Waals surface area contributed by atoms with Gasteiger partial charge in [0.2, 0.25) is 0 Å². The Morgan fingerprint density at radius 2 is 0.864 bits per heavy atom. The summed E-state index contributed by atoms with van der Waals surface area (Å²) >= 11 is 1.74. The van der Waals surface area contributed by atoms with E-state index in [1.807, 2.05) is 6.07 Å². The number of aryl methyl sites for hydroxylation is 2. The van der Waals surface area contributed by atoms with Crippen molar-refractivity contribution >= 4 is 27.0 Å². The summed E-state index contributed by atoms with van der Waals surface area (Å²) < 4.78 is 0. The molecule has 0 spiro atoms. The normalized spacial score (nSPS) is 9.86. The zero-order valence-electron chi connectivity index (χ0n) is 25.7. The summed E-state index contributed by atoms with van der Waals surface area (Å²) in [6.07, 6.45) is 0. The maximum absolute atomic E-state index is 10.3. The standard InChI is InChI=1S/2C16H13.C6H6O.C2H6Si.ClH.Zr/c2*1-12-10-14-8-5-9-15(16(14)11-12)13-6-3-2-4-7-13;7-6-4-2-1-3-5-6;1-3-2;;/h2*2-11H,1H3;1-5,7H;1-2H3;1H;/q2*-1;;;;+2/p-2. The largest absolute Gasteiger partial charge is 1.00 e. The molecule has 0 radical (unpaired) electrons. The van der Waals surface area contributed by atoms with E-state index in [9.17, 15) is 5.11 Å². The van der Waals surface area contributed by atoms with Crippen LogP contribution in [0.3, 0.4) is 0 Å². The Balaban J connectivity index is 0.000000178. The summed E-state index contributed by atoms with van der Waals surface area (Å²) in [5.74, 6) is 0.0718. The van der Waals surface area contributed by atoms with Gasteiger partial charge in [0.05, 0.1) is 0 Å². The molecule has 0 saturated heterocycles. The van der Waals surface area contributed by atoms with Crippen LogP contribution in [0.1, 0.15) is 11.1 Å². The molecule has 0 N–H and O–H groups in total. The van der Waals surface area contributed by atoms with Crippen LogP contribution in [0.2, 0.25) is 13.1 Å². The van der Waals surface area contributed by atoms with Crippen molar-refractivity contribution in [1.29, 1.82) is 0 Å². The SMILES string of the molecule is C[Si](C)=[Zr+2].Cc1cc2c(-c3ccccc3)cccc2[cH-]1.Cc1cc2c(-c3ccccc3)cccc2[cH-]1.[Cl-].[O-]c1ccccc1. The van der Waals surface area contributed by atoms with Crippen molar-refractivity contribution in [2.45, 2.75) is 26.9 Å². The molecule has 0 aliphatic rings. The van der Waals surface area contributed by atoms with E-state index in [2.05, 4.69) is 148 Å². The van der Waals surface area contributed by atoms with Crippen molar-refractivity contribution in [3.05, 3.63) is 163 Å².